The van der Waals surface area contributed by atoms with E-state index in [0.29, 0.717) is 25.7 Å². The summed E-state index contributed by atoms with van der Waals surface area (Å²) in [4.78, 5) is 86.1. The van der Waals surface area contributed by atoms with Gasteiger partial charge in [-0.1, -0.05) is 119 Å². The van der Waals surface area contributed by atoms with E-state index in [4.69, 9.17) is 19.9 Å². The van der Waals surface area contributed by atoms with Gasteiger partial charge in [-0.3, -0.25) is 24.0 Å². The third-order valence-corrected chi connectivity index (χ3v) is 11.8. The molecule has 74 heavy (non-hydrogen) atoms. The lowest BCUT2D eigenvalue weighted by molar-refractivity contribution is -0.158. The molecular formula is C60H90N4O10. The van der Waals surface area contributed by atoms with Gasteiger partial charge in [0.2, 0.25) is 5.91 Å². The summed E-state index contributed by atoms with van der Waals surface area (Å²) in [6.07, 6.45) is 1.01. The maximum absolute atomic E-state index is 12.7. The molecule has 8 atom stereocenters. The van der Waals surface area contributed by atoms with Crippen LogP contribution in [0.1, 0.15) is 184 Å². The van der Waals surface area contributed by atoms with Gasteiger partial charge in [-0.25, -0.2) is 9.59 Å². The Labute approximate surface area is 442 Å². The summed E-state index contributed by atoms with van der Waals surface area (Å²) in [5, 5.41) is 8.44. The number of carbonyl (C=O) groups excluding carboxylic acids is 7. The van der Waals surface area contributed by atoms with Crippen LogP contribution in [0, 0.1) is 17.8 Å². The van der Waals surface area contributed by atoms with Crippen molar-refractivity contribution < 1.29 is 47.8 Å². The van der Waals surface area contributed by atoms with E-state index in [9.17, 15) is 33.6 Å². The summed E-state index contributed by atoms with van der Waals surface area (Å²) in [7, 11) is 0. The average molecular weight is 1030 g/mol. The minimum Gasteiger partial charge on any atom is -0.460 e. The largest absolute Gasteiger partial charge is 0.460 e. The number of carbonyl (C=O) groups is 7. The molecule has 3 aromatic carbocycles. The van der Waals surface area contributed by atoms with Crippen molar-refractivity contribution in [2.45, 2.75) is 208 Å². The topological polar surface area (TPSA) is 209 Å². The van der Waals surface area contributed by atoms with Crippen LogP contribution in [-0.2, 0) is 38.2 Å². The molecule has 3 aromatic rings. The summed E-state index contributed by atoms with van der Waals surface area (Å²) < 4.78 is 16.0. The van der Waals surface area contributed by atoms with E-state index in [1.807, 2.05) is 141 Å². The Morgan fingerprint density at radius 3 is 1.42 bits per heavy atom. The monoisotopic (exact) mass is 1030 g/mol. The standard InChI is InChI=1S/C21H34N2O3.C21H31NO4.C18H25NO3/c1-14(2)12-19(24)18(23-20(25)26-21(4,5)6)13-17(15(3)22)16-10-8-7-9-11-16;1-14(2)12-19(24)18(22-20(25)26-21(4,5)6)13-17(15(3)23)16-10-8-7-9-11-16;1-12-15(13-8-6-5-7-9-13)10-14(17(21)19-12)11-16(20)22-18(2,3)4/h7-11,14-15,17-18H,12-13,22H2,1-6H3,(H,23,25);7-11,14,17-18H,12-13H2,1-6H3,(H,22,25);5-9,12,14-15H,10-11H2,1-4H3,(H,19,21). The van der Waals surface area contributed by atoms with Crippen LogP contribution in [0.25, 0.3) is 0 Å². The van der Waals surface area contributed by atoms with E-state index in [1.54, 1.807) is 41.5 Å². The fraction of sp³-hybridized carbons (Fsp3) is 0.583. The minimum atomic E-state index is -0.763. The molecule has 3 amide bonds. The van der Waals surface area contributed by atoms with Gasteiger partial charge in [-0.05, 0) is 131 Å². The van der Waals surface area contributed by atoms with Gasteiger partial charge in [0.05, 0.1) is 18.5 Å². The van der Waals surface area contributed by atoms with Crippen molar-refractivity contribution in [3.63, 3.8) is 0 Å². The van der Waals surface area contributed by atoms with Gasteiger partial charge in [-0.2, -0.15) is 0 Å². The van der Waals surface area contributed by atoms with Crippen molar-refractivity contribution in [3.05, 3.63) is 108 Å². The number of piperidine rings is 1. The highest BCUT2D eigenvalue weighted by molar-refractivity contribution is 5.90. The summed E-state index contributed by atoms with van der Waals surface area (Å²) >= 11 is 0. The van der Waals surface area contributed by atoms with Crippen LogP contribution in [0.4, 0.5) is 9.59 Å². The van der Waals surface area contributed by atoms with Crippen LogP contribution in [0.2, 0.25) is 0 Å². The van der Waals surface area contributed by atoms with Crippen LogP contribution < -0.4 is 21.7 Å². The SMILES string of the molecule is CC(=O)C(CC(NC(=O)OC(C)(C)C)C(=O)CC(C)C)c1ccccc1.CC(C)CC(=O)C(CC(c1ccccc1)C(C)N)NC(=O)OC(C)(C)C.CC1NC(=O)C(CC(=O)OC(C)(C)C)CC1c1ccccc1. The maximum atomic E-state index is 12.7. The number of nitrogens with two attached hydrogens (primary N) is 1. The number of ketones is 3. The number of nitrogens with one attached hydrogen (secondary N) is 3. The summed E-state index contributed by atoms with van der Waals surface area (Å²) in [5.41, 5.74) is 7.51. The number of ether oxygens (including phenoxy) is 3. The molecular weight excluding hydrogens is 937 g/mol. The molecule has 1 aliphatic heterocycles. The second kappa shape index (κ2) is 29.9. The van der Waals surface area contributed by atoms with Crippen molar-refractivity contribution in [3.8, 4) is 0 Å². The molecule has 8 unspecified atom stereocenters. The highest BCUT2D eigenvalue weighted by Crippen LogP contribution is 2.33. The molecule has 1 fully saturated rings. The van der Waals surface area contributed by atoms with Gasteiger partial charge in [-0.15, -0.1) is 0 Å². The molecule has 1 saturated heterocycles. The van der Waals surface area contributed by atoms with Gasteiger partial charge in [0.15, 0.2) is 11.6 Å². The Kier molecular flexibility index (Phi) is 25.9. The van der Waals surface area contributed by atoms with Crippen molar-refractivity contribution in [2.75, 3.05) is 0 Å². The number of hydrogen-bond donors (Lipinski definition) is 4. The minimum absolute atomic E-state index is 0.00689. The molecule has 14 nitrogen and oxygen atoms in total. The molecule has 4 rings (SSSR count). The van der Waals surface area contributed by atoms with Crippen LogP contribution in [0.3, 0.4) is 0 Å². The molecule has 0 aromatic heterocycles. The summed E-state index contributed by atoms with van der Waals surface area (Å²) in [6.45, 7) is 29.5. The number of amides is 3. The Balaban J connectivity index is 0.000000381. The molecule has 0 aliphatic carbocycles. The lowest BCUT2D eigenvalue weighted by Crippen LogP contribution is -2.47. The molecule has 14 heteroatoms. The smallest absolute Gasteiger partial charge is 0.408 e. The molecule has 1 aliphatic rings. The van der Waals surface area contributed by atoms with Crippen LogP contribution in [0.5, 0.6) is 0 Å². The van der Waals surface area contributed by atoms with Crippen molar-refractivity contribution in [1.82, 2.24) is 16.0 Å². The van der Waals surface area contributed by atoms with Gasteiger partial charge < -0.3 is 35.9 Å². The van der Waals surface area contributed by atoms with E-state index < -0.39 is 47.0 Å². The molecule has 0 spiro atoms. The number of esters is 1. The Hall–Kier alpha value is -5.89. The second-order valence-electron chi connectivity index (χ2n) is 23.5. The third-order valence-electron chi connectivity index (χ3n) is 11.8. The number of hydrogen-bond acceptors (Lipinski definition) is 11. The van der Waals surface area contributed by atoms with E-state index >= 15 is 0 Å². The molecule has 0 radical (unpaired) electrons. The summed E-state index contributed by atoms with van der Waals surface area (Å²) in [6, 6.07) is 27.9. The lowest BCUT2D eigenvalue weighted by atomic mass is 9.79. The molecule has 0 saturated carbocycles. The zero-order valence-corrected chi connectivity index (χ0v) is 47.3. The van der Waals surface area contributed by atoms with E-state index in [0.717, 1.165) is 11.1 Å². The van der Waals surface area contributed by atoms with Gasteiger partial charge in [0.25, 0.3) is 0 Å². The first-order valence-electron chi connectivity index (χ1n) is 26.2. The summed E-state index contributed by atoms with van der Waals surface area (Å²) in [5.74, 6) is -0.680. The molecule has 1 heterocycles. The Morgan fingerprint density at radius 2 is 1.03 bits per heavy atom. The van der Waals surface area contributed by atoms with E-state index in [-0.39, 0.29) is 83.7 Å². The zero-order chi connectivity index (χ0) is 56.1. The van der Waals surface area contributed by atoms with Crippen molar-refractivity contribution >= 4 is 41.4 Å². The average Bonchev–Trinajstić information content (AvgIpc) is 3.26. The molecule has 0 bridgehead atoms. The number of Topliss-reactive ketones (excluding diaryl/α,β-unsaturated/α-hetero) is 3. The third kappa shape index (κ3) is 25.4. The highest BCUT2D eigenvalue weighted by Gasteiger charge is 2.37. The zero-order valence-electron chi connectivity index (χ0n) is 47.3. The van der Waals surface area contributed by atoms with Crippen LogP contribution >= 0.6 is 0 Å². The normalized spacial score (nSPS) is 17.8. The molecule has 410 valence electrons. The number of benzene rings is 3. The predicted octanol–water partition coefficient (Wildman–Crippen LogP) is 11.3. The van der Waals surface area contributed by atoms with Crippen LogP contribution in [0.15, 0.2) is 91.0 Å². The first-order chi connectivity index (χ1) is 34.2. The van der Waals surface area contributed by atoms with Gasteiger partial charge in [0, 0.05) is 48.6 Å². The Bertz CT molecular complexity index is 2230. The Morgan fingerprint density at radius 1 is 0.622 bits per heavy atom. The molecule has 5 N–H and O–H groups in total. The highest BCUT2D eigenvalue weighted by atomic mass is 16.6. The van der Waals surface area contributed by atoms with Gasteiger partial charge >= 0.3 is 18.2 Å². The first-order valence-corrected chi connectivity index (χ1v) is 26.2. The van der Waals surface area contributed by atoms with Crippen LogP contribution in [-0.4, -0.2) is 82.4 Å². The lowest BCUT2D eigenvalue weighted by Gasteiger charge is -2.35. The fourth-order valence-corrected chi connectivity index (χ4v) is 8.54. The second-order valence-corrected chi connectivity index (χ2v) is 23.5. The predicted molar refractivity (Wildman–Crippen MR) is 293 cm³/mol. The van der Waals surface area contributed by atoms with Crippen molar-refractivity contribution in [2.24, 2.45) is 23.5 Å². The van der Waals surface area contributed by atoms with Gasteiger partial charge in [0.1, 0.15) is 22.6 Å². The van der Waals surface area contributed by atoms with E-state index in [1.165, 1.54) is 12.5 Å². The quantitative estimate of drug-likeness (QED) is 0.0656. The maximum Gasteiger partial charge on any atom is 0.408 e. The number of rotatable bonds is 19. The number of alkyl carbamates (subject to hydrolysis) is 2. The first kappa shape index (κ1) is 64.2. The van der Waals surface area contributed by atoms with Crippen molar-refractivity contribution in [1.29, 1.82) is 0 Å². The fourth-order valence-electron chi connectivity index (χ4n) is 8.54. The van der Waals surface area contributed by atoms with E-state index in [2.05, 4.69) is 28.1 Å².